The predicted octanol–water partition coefficient (Wildman–Crippen LogP) is 2.77. The Morgan fingerprint density at radius 2 is 2.23 bits per heavy atom. The van der Waals surface area contributed by atoms with Crippen LogP contribution in [0.2, 0.25) is 0 Å². The molecule has 0 spiro atoms. The van der Waals surface area contributed by atoms with Crippen LogP contribution in [0.4, 0.5) is 14.5 Å². The number of halogens is 3. The third-order valence-electron chi connectivity index (χ3n) is 5.75. The van der Waals surface area contributed by atoms with Gasteiger partial charge in [-0.25, -0.2) is 8.78 Å². The molecule has 1 amide bonds. The summed E-state index contributed by atoms with van der Waals surface area (Å²) >= 11 is 7.48. The molecule has 1 fully saturated rings. The van der Waals surface area contributed by atoms with Gasteiger partial charge in [-0.2, -0.15) is 0 Å². The van der Waals surface area contributed by atoms with Gasteiger partial charge in [-0.3, -0.25) is 9.79 Å². The number of amides is 1. The first kappa shape index (κ1) is 21.1. The van der Waals surface area contributed by atoms with Gasteiger partial charge in [-0.05, 0) is 30.4 Å². The Kier molecular flexibility index (Phi) is 5.78. The van der Waals surface area contributed by atoms with E-state index in [0.29, 0.717) is 33.6 Å². The zero-order valence-electron chi connectivity index (χ0n) is 16.0. The van der Waals surface area contributed by atoms with Crippen LogP contribution in [0.5, 0.6) is 0 Å². The Bertz CT molecular complexity index is 970. The summed E-state index contributed by atoms with van der Waals surface area (Å²) in [4.78, 5) is 18.2. The lowest BCUT2D eigenvalue weighted by Crippen LogP contribution is -2.52. The minimum atomic E-state index is -1.05. The van der Waals surface area contributed by atoms with Gasteiger partial charge in [0.2, 0.25) is 0 Å². The number of anilines is 1. The minimum absolute atomic E-state index is 0.218. The van der Waals surface area contributed by atoms with Crippen LogP contribution in [0, 0.1) is 11.7 Å². The second kappa shape index (κ2) is 8.20. The van der Waals surface area contributed by atoms with E-state index in [1.54, 1.807) is 23.1 Å². The van der Waals surface area contributed by atoms with Gasteiger partial charge < -0.3 is 21.1 Å². The van der Waals surface area contributed by atoms with Crippen molar-refractivity contribution in [3.63, 3.8) is 0 Å². The maximum Gasteiger partial charge on any atom is 0.265 e. The molecular formula is C20H21ClF2N4O2S. The molecule has 4 N–H and O–H groups in total. The van der Waals surface area contributed by atoms with Gasteiger partial charge in [-0.1, -0.05) is 23.4 Å². The van der Waals surface area contributed by atoms with Crippen molar-refractivity contribution in [2.45, 2.75) is 18.1 Å². The van der Waals surface area contributed by atoms with Crippen LogP contribution in [0.1, 0.15) is 12.0 Å². The smallest absolute Gasteiger partial charge is 0.265 e. The highest BCUT2D eigenvalue weighted by atomic mass is 35.5. The first-order valence-electron chi connectivity index (χ1n) is 9.45. The van der Waals surface area contributed by atoms with Crippen LogP contribution < -0.4 is 16.4 Å². The summed E-state index contributed by atoms with van der Waals surface area (Å²) in [6.45, 7) is -0.235. The molecule has 1 aromatic rings. The van der Waals surface area contributed by atoms with E-state index in [2.05, 4.69) is 4.99 Å². The monoisotopic (exact) mass is 454 g/mol. The molecule has 0 unspecified atom stereocenters. The fourth-order valence-electron chi connectivity index (χ4n) is 4.32. The molecule has 0 aromatic heterocycles. The Labute approximate surface area is 182 Å². The number of ether oxygens (including phenoxy) is 1. The highest BCUT2D eigenvalue weighted by Gasteiger charge is 2.51. The Hall–Kier alpha value is -2.10. The molecule has 6 nitrogen and oxygen atoms in total. The average Bonchev–Trinajstić information content (AvgIpc) is 2.72. The van der Waals surface area contributed by atoms with E-state index < -0.39 is 30.0 Å². The number of aliphatic imine (C=N–C) groups is 1. The molecule has 0 bridgehead atoms. The standard InChI is InChI=1S/C20H21ClF2N4O2S/c21-11-1-4-16(18(24)28)27(9-11)12-2-3-15(23)13(7-12)20-5-6-29-17(8-22)14(20)10-30-19(25)26-20/h1-4,7,14,17H,5-6,8-10H2,(H2,24,28)(H2,25,26)/t14-,17-,20-/m1/s1. The number of hydrogen-bond donors (Lipinski definition) is 2. The summed E-state index contributed by atoms with van der Waals surface area (Å²) in [6, 6.07) is 4.49. The van der Waals surface area contributed by atoms with Gasteiger partial charge in [-0.15, -0.1) is 0 Å². The molecule has 30 heavy (non-hydrogen) atoms. The Morgan fingerprint density at radius 3 is 2.97 bits per heavy atom. The molecule has 0 saturated carbocycles. The third-order valence-corrected chi connectivity index (χ3v) is 6.91. The van der Waals surface area contributed by atoms with Crippen molar-refractivity contribution < 1.29 is 18.3 Å². The lowest BCUT2D eigenvalue weighted by atomic mass is 9.72. The molecule has 4 rings (SSSR count). The first-order valence-corrected chi connectivity index (χ1v) is 10.8. The summed E-state index contributed by atoms with van der Waals surface area (Å²) in [7, 11) is 0. The molecule has 10 heteroatoms. The Morgan fingerprint density at radius 1 is 1.43 bits per heavy atom. The van der Waals surface area contributed by atoms with Crippen LogP contribution in [0.25, 0.3) is 0 Å². The predicted molar refractivity (Wildman–Crippen MR) is 115 cm³/mol. The van der Waals surface area contributed by atoms with Gasteiger partial charge in [0.05, 0.1) is 18.2 Å². The number of carbonyl (C=O) groups excluding carboxylic acids is 1. The van der Waals surface area contributed by atoms with E-state index in [1.807, 2.05) is 0 Å². The lowest BCUT2D eigenvalue weighted by molar-refractivity contribution is -0.114. The first-order chi connectivity index (χ1) is 14.4. The van der Waals surface area contributed by atoms with E-state index in [-0.39, 0.29) is 24.8 Å². The molecule has 160 valence electrons. The topological polar surface area (TPSA) is 93.9 Å². The average molecular weight is 455 g/mol. The van der Waals surface area contributed by atoms with Crippen molar-refractivity contribution in [3.05, 3.63) is 52.5 Å². The molecule has 0 radical (unpaired) electrons. The highest BCUT2D eigenvalue weighted by molar-refractivity contribution is 8.13. The number of nitrogens with two attached hydrogens (primary N) is 2. The number of allylic oxidation sites excluding steroid dienone is 2. The highest BCUT2D eigenvalue weighted by Crippen LogP contribution is 2.49. The number of primary amides is 1. The van der Waals surface area contributed by atoms with Crippen molar-refractivity contribution in [2.24, 2.45) is 22.4 Å². The molecule has 3 atom stereocenters. The number of amidine groups is 1. The van der Waals surface area contributed by atoms with Gasteiger partial charge in [0, 0.05) is 41.0 Å². The number of nitrogens with zero attached hydrogens (tertiary/aromatic N) is 2. The normalized spacial score (nSPS) is 28.9. The van der Waals surface area contributed by atoms with E-state index in [0.717, 1.165) is 0 Å². The largest absolute Gasteiger partial charge is 0.379 e. The summed E-state index contributed by atoms with van der Waals surface area (Å²) in [5, 5.41) is 0.832. The van der Waals surface area contributed by atoms with E-state index >= 15 is 4.39 Å². The maximum absolute atomic E-state index is 15.2. The van der Waals surface area contributed by atoms with Gasteiger partial charge in [0.15, 0.2) is 5.17 Å². The number of thioether (sulfide) groups is 1. The van der Waals surface area contributed by atoms with Crippen molar-refractivity contribution in [1.29, 1.82) is 0 Å². The second-order valence-corrected chi connectivity index (χ2v) is 8.91. The summed E-state index contributed by atoms with van der Waals surface area (Å²) in [5.41, 5.74) is 11.6. The molecule has 1 aromatic carbocycles. The van der Waals surface area contributed by atoms with Crippen molar-refractivity contribution in [1.82, 2.24) is 0 Å². The molecule has 1 saturated heterocycles. The van der Waals surface area contributed by atoms with Gasteiger partial charge in [0.1, 0.15) is 18.2 Å². The summed E-state index contributed by atoms with van der Waals surface area (Å²) in [5.74, 6) is -1.01. The number of fused-ring (bicyclic) bond motifs is 1. The zero-order chi connectivity index (χ0) is 21.5. The van der Waals surface area contributed by atoms with Crippen molar-refractivity contribution in [3.8, 4) is 0 Å². The lowest BCUT2D eigenvalue weighted by Gasteiger charge is -2.47. The van der Waals surface area contributed by atoms with E-state index in [4.69, 9.17) is 27.8 Å². The molecule has 3 aliphatic rings. The van der Waals surface area contributed by atoms with Crippen LogP contribution >= 0.6 is 23.4 Å². The van der Waals surface area contributed by atoms with Gasteiger partial charge >= 0.3 is 0 Å². The van der Waals surface area contributed by atoms with E-state index in [1.165, 1.54) is 23.9 Å². The molecule has 3 heterocycles. The van der Waals surface area contributed by atoms with Crippen LogP contribution in [-0.4, -0.2) is 42.8 Å². The van der Waals surface area contributed by atoms with Crippen molar-refractivity contribution >= 4 is 40.1 Å². The second-order valence-electron chi connectivity index (χ2n) is 7.39. The number of benzene rings is 1. The zero-order valence-corrected chi connectivity index (χ0v) is 17.6. The summed E-state index contributed by atoms with van der Waals surface area (Å²) in [6.07, 6.45) is 2.80. The van der Waals surface area contributed by atoms with Gasteiger partial charge in [0.25, 0.3) is 5.91 Å². The van der Waals surface area contributed by atoms with Crippen molar-refractivity contribution in [2.75, 3.05) is 30.5 Å². The maximum atomic E-state index is 15.2. The number of rotatable bonds is 4. The quantitative estimate of drug-likeness (QED) is 0.729. The fourth-order valence-corrected chi connectivity index (χ4v) is 5.57. The molecule has 3 aliphatic heterocycles. The van der Waals surface area contributed by atoms with Crippen LogP contribution in [0.15, 0.2) is 46.1 Å². The summed E-state index contributed by atoms with van der Waals surface area (Å²) < 4.78 is 34.5. The number of hydrogen-bond acceptors (Lipinski definition) is 6. The SMILES string of the molecule is NC(=O)C1=CC=C(Cl)CN1c1ccc(F)c([C@]23CCO[C@H](CF)[C@H]2CSC(N)=N3)c1. The number of carbonyl (C=O) groups is 1. The fraction of sp³-hybridized carbons (Fsp3) is 0.400. The number of alkyl halides is 1. The third kappa shape index (κ3) is 3.59. The van der Waals surface area contributed by atoms with Crippen LogP contribution in [-0.2, 0) is 15.1 Å². The molecule has 0 aliphatic carbocycles. The molecular weight excluding hydrogens is 434 g/mol. The van der Waals surface area contributed by atoms with E-state index in [9.17, 15) is 9.18 Å². The minimum Gasteiger partial charge on any atom is -0.379 e. The van der Waals surface area contributed by atoms with Crippen LogP contribution in [0.3, 0.4) is 0 Å². The Balaban J connectivity index is 1.83.